The van der Waals surface area contributed by atoms with Crippen LogP contribution in [0.2, 0.25) is 0 Å². The molecule has 0 amide bonds. The smallest absolute Gasteiger partial charge is 0.235 e. The molecule has 4 nitrogen and oxygen atoms in total. The average Bonchev–Trinajstić information content (AvgIpc) is 3.88. The van der Waals surface area contributed by atoms with Crippen molar-refractivity contribution in [3.05, 3.63) is 231 Å². The van der Waals surface area contributed by atoms with E-state index in [1.54, 1.807) is 0 Å². The molecule has 0 aliphatic rings. The van der Waals surface area contributed by atoms with Crippen LogP contribution < -0.4 is 0 Å². The fourth-order valence-electron chi connectivity index (χ4n) is 9.28. The Balaban J connectivity index is 1.22. The Morgan fingerprint density at radius 2 is 0.758 bits per heavy atom. The van der Waals surface area contributed by atoms with Gasteiger partial charge in [0.1, 0.15) is 0 Å². The molecule has 0 aliphatic carbocycles. The van der Waals surface area contributed by atoms with Gasteiger partial charge in [-0.1, -0.05) is 194 Å². The maximum atomic E-state index is 5.54. The van der Waals surface area contributed by atoms with Crippen LogP contribution in [0.4, 0.5) is 0 Å². The number of hydrogen-bond acceptors (Lipinski definition) is 2. The third-order valence-electron chi connectivity index (χ3n) is 12.1. The van der Waals surface area contributed by atoms with Gasteiger partial charge in [0.15, 0.2) is 0 Å². The van der Waals surface area contributed by atoms with Crippen molar-refractivity contribution in [2.45, 2.75) is 0 Å². The van der Waals surface area contributed by atoms with Crippen molar-refractivity contribution in [3.63, 3.8) is 0 Å². The standard InChI is InChI=1S/C58H38N4/c1-5-18-39(19-6-1)41-32-34-44(35-33-41)52-38-51(43-24-11-4-12-25-43)59-58(60-52)62-54-31-16-14-29-48(54)55-49(42-22-9-3-10-23-42)37-50-47-28-13-15-30-53(47)61(56(50)57(55)62)46-27-17-26-45(36-46)40-20-7-2-8-21-40/h1-38H. The summed E-state index contributed by atoms with van der Waals surface area (Å²) in [6.07, 6.45) is 0. The molecule has 62 heavy (non-hydrogen) atoms. The summed E-state index contributed by atoms with van der Waals surface area (Å²) in [5, 5.41) is 4.64. The molecule has 0 saturated carbocycles. The zero-order chi connectivity index (χ0) is 41.0. The topological polar surface area (TPSA) is 35.6 Å². The molecule has 12 rings (SSSR count). The Morgan fingerprint density at radius 1 is 0.290 bits per heavy atom. The lowest BCUT2D eigenvalue weighted by Crippen LogP contribution is -2.05. The highest BCUT2D eigenvalue weighted by atomic mass is 15.2. The van der Waals surface area contributed by atoms with E-state index in [0.717, 1.165) is 83.1 Å². The number of aromatic nitrogens is 4. The van der Waals surface area contributed by atoms with E-state index in [1.807, 2.05) is 0 Å². The molecule has 0 spiro atoms. The quantitative estimate of drug-likeness (QED) is 0.161. The predicted molar refractivity (Wildman–Crippen MR) is 258 cm³/mol. The molecule has 4 heteroatoms. The molecule has 0 fully saturated rings. The van der Waals surface area contributed by atoms with E-state index in [2.05, 4.69) is 240 Å². The lowest BCUT2D eigenvalue weighted by molar-refractivity contribution is 0.995. The zero-order valence-electron chi connectivity index (χ0n) is 33.7. The molecule has 0 N–H and O–H groups in total. The van der Waals surface area contributed by atoms with Gasteiger partial charge in [0.25, 0.3) is 0 Å². The molecule has 3 heterocycles. The summed E-state index contributed by atoms with van der Waals surface area (Å²) >= 11 is 0. The van der Waals surface area contributed by atoms with Crippen LogP contribution in [-0.2, 0) is 0 Å². The summed E-state index contributed by atoms with van der Waals surface area (Å²) in [7, 11) is 0. The summed E-state index contributed by atoms with van der Waals surface area (Å²) < 4.78 is 4.78. The minimum atomic E-state index is 0.612. The first-order chi connectivity index (χ1) is 30.8. The Kier molecular flexibility index (Phi) is 8.46. The Labute approximate surface area is 359 Å². The first-order valence-corrected chi connectivity index (χ1v) is 21.1. The minimum absolute atomic E-state index is 0.612. The van der Waals surface area contributed by atoms with Crippen molar-refractivity contribution in [1.82, 2.24) is 19.1 Å². The van der Waals surface area contributed by atoms with Crippen LogP contribution >= 0.6 is 0 Å². The van der Waals surface area contributed by atoms with Gasteiger partial charge >= 0.3 is 0 Å². The molecule has 0 bridgehead atoms. The summed E-state index contributed by atoms with van der Waals surface area (Å²) in [4.78, 5) is 11.0. The molecule has 0 radical (unpaired) electrons. The summed E-state index contributed by atoms with van der Waals surface area (Å²) in [6.45, 7) is 0. The first-order valence-electron chi connectivity index (χ1n) is 21.1. The second kappa shape index (κ2) is 14.7. The average molecular weight is 791 g/mol. The number of rotatable bonds is 7. The van der Waals surface area contributed by atoms with Crippen LogP contribution in [-0.4, -0.2) is 19.1 Å². The van der Waals surface area contributed by atoms with Gasteiger partial charge in [-0.2, -0.15) is 0 Å². The van der Waals surface area contributed by atoms with E-state index in [4.69, 9.17) is 9.97 Å². The second-order valence-electron chi connectivity index (χ2n) is 15.8. The molecule has 12 aromatic rings. The van der Waals surface area contributed by atoms with Crippen molar-refractivity contribution < 1.29 is 0 Å². The fraction of sp³-hybridized carbons (Fsp3) is 0. The van der Waals surface area contributed by atoms with Gasteiger partial charge < -0.3 is 4.57 Å². The molecular formula is C58H38N4. The lowest BCUT2D eigenvalue weighted by Gasteiger charge is -2.15. The third kappa shape index (κ3) is 5.92. The highest BCUT2D eigenvalue weighted by Crippen LogP contribution is 2.46. The SMILES string of the molecule is c1ccc(-c2ccc(-c3cc(-c4ccccc4)nc(-n4c5ccccc5c5c(-c6ccccc6)cc6c7ccccc7n(-c7cccc(-c8ccccc8)c7)c6c54)n3)cc2)cc1. The van der Waals surface area contributed by atoms with Crippen LogP contribution in [0.3, 0.4) is 0 Å². The van der Waals surface area contributed by atoms with Gasteiger partial charge in [0.05, 0.1) is 33.5 Å². The van der Waals surface area contributed by atoms with E-state index in [0.29, 0.717) is 5.95 Å². The van der Waals surface area contributed by atoms with Crippen LogP contribution in [0.5, 0.6) is 0 Å². The fourth-order valence-corrected chi connectivity index (χ4v) is 9.28. The van der Waals surface area contributed by atoms with Crippen LogP contribution in [0.25, 0.3) is 111 Å². The van der Waals surface area contributed by atoms with Gasteiger partial charge in [-0.3, -0.25) is 4.57 Å². The summed E-state index contributed by atoms with van der Waals surface area (Å²) in [5.41, 5.74) is 16.2. The summed E-state index contributed by atoms with van der Waals surface area (Å²) in [5.74, 6) is 0.612. The van der Waals surface area contributed by atoms with Crippen molar-refractivity contribution in [1.29, 1.82) is 0 Å². The van der Waals surface area contributed by atoms with Crippen molar-refractivity contribution in [2.24, 2.45) is 0 Å². The monoisotopic (exact) mass is 790 g/mol. The highest BCUT2D eigenvalue weighted by molar-refractivity contribution is 6.28. The maximum absolute atomic E-state index is 5.54. The molecule has 0 saturated heterocycles. The van der Waals surface area contributed by atoms with Crippen LogP contribution in [0.15, 0.2) is 231 Å². The van der Waals surface area contributed by atoms with E-state index in [1.165, 1.54) is 22.1 Å². The van der Waals surface area contributed by atoms with Crippen molar-refractivity contribution in [2.75, 3.05) is 0 Å². The molecular weight excluding hydrogens is 753 g/mol. The second-order valence-corrected chi connectivity index (χ2v) is 15.8. The van der Waals surface area contributed by atoms with Gasteiger partial charge in [0, 0.05) is 38.4 Å². The van der Waals surface area contributed by atoms with Gasteiger partial charge in [0.2, 0.25) is 5.95 Å². The van der Waals surface area contributed by atoms with E-state index in [-0.39, 0.29) is 0 Å². The van der Waals surface area contributed by atoms with Gasteiger partial charge in [-0.15, -0.1) is 0 Å². The Hall–Kier alpha value is -8.34. The normalized spacial score (nSPS) is 11.5. The molecule has 290 valence electrons. The van der Waals surface area contributed by atoms with Crippen LogP contribution in [0.1, 0.15) is 0 Å². The van der Waals surface area contributed by atoms with Crippen molar-refractivity contribution in [3.8, 4) is 67.5 Å². The largest absolute Gasteiger partial charge is 0.307 e. The molecule has 0 aliphatic heterocycles. The molecule has 3 aromatic heterocycles. The van der Waals surface area contributed by atoms with Crippen molar-refractivity contribution >= 4 is 43.6 Å². The number of benzene rings is 9. The van der Waals surface area contributed by atoms with E-state index in [9.17, 15) is 0 Å². The molecule has 0 atom stereocenters. The molecule has 0 unspecified atom stereocenters. The Morgan fingerprint density at radius 3 is 1.40 bits per heavy atom. The highest BCUT2D eigenvalue weighted by Gasteiger charge is 2.26. The molecule has 9 aromatic carbocycles. The number of para-hydroxylation sites is 2. The predicted octanol–water partition coefficient (Wildman–Crippen LogP) is 15.0. The van der Waals surface area contributed by atoms with Gasteiger partial charge in [-0.05, 0) is 69.8 Å². The number of hydrogen-bond donors (Lipinski definition) is 0. The van der Waals surface area contributed by atoms with Gasteiger partial charge in [-0.25, -0.2) is 9.97 Å². The number of nitrogens with zero attached hydrogens (tertiary/aromatic N) is 4. The maximum Gasteiger partial charge on any atom is 0.235 e. The summed E-state index contributed by atoms with van der Waals surface area (Å²) in [6, 6.07) is 82.1. The van der Waals surface area contributed by atoms with E-state index < -0.39 is 0 Å². The Bertz CT molecular complexity index is 3590. The number of fused-ring (bicyclic) bond motifs is 7. The lowest BCUT2D eigenvalue weighted by atomic mass is 9.96. The van der Waals surface area contributed by atoms with Crippen LogP contribution in [0, 0.1) is 0 Å². The third-order valence-corrected chi connectivity index (χ3v) is 12.1. The first kappa shape index (κ1) is 35.6. The zero-order valence-corrected chi connectivity index (χ0v) is 33.7. The minimum Gasteiger partial charge on any atom is -0.307 e. The van der Waals surface area contributed by atoms with E-state index >= 15 is 0 Å².